The second-order valence-electron chi connectivity index (χ2n) is 2.76. The van der Waals surface area contributed by atoms with E-state index in [9.17, 15) is 0 Å². The van der Waals surface area contributed by atoms with Gasteiger partial charge in [0.15, 0.2) is 5.16 Å². The van der Waals surface area contributed by atoms with Crippen LogP contribution in [0.25, 0.3) is 0 Å². The molecule has 0 saturated heterocycles. The molecule has 3 heteroatoms. The van der Waals surface area contributed by atoms with E-state index in [-0.39, 0.29) is 0 Å². The van der Waals surface area contributed by atoms with Crippen molar-refractivity contribution in [2.45, 2.75) is 30.7 Å². The second-order valence-corrected chi connectivity index (χ2v) is 4.06. The first-order chi connectivity index (χ1) is 6.24. The molecule has 13 heavy (non-hydrogen) atoms. The zero-order valence-corrected chi connectivity index (χ0v) is 9.06. The van der Waals surface area contributed by atoms with Gasteiger partial charge in [0.1, 0.15) is 0 Å². The fourth-order valence-electron chi connectivity index (χ4n) is 0.899. The molecule has 0 radical (unpaired) electrons. The molecule has 2 nitrogen and oxygen atoms in total. The number of hydrogen-bond donors (Lipinski definition) is 0. The van der Waals surface area contributed by atoms with Gasteiger partial charge < -0.3 is 4.57 Å². The van der Waals surface area contributed by atoms with Crippen LogP contribution in [0.2, 0.25) is 0 Å². The van der Waals surface area contributed by atoms with Gasteiger partial charge >= 0.3 is 0 Å². The smallest absolute Gasteiger partial charge is 0.168 e. The van der Waals surface area contributed by atoms with Crippen molar-refractivity contribution in [2.75, 3.05) is 0 Å². The van der Waals surface area contributed by atoms with Gasteiger partial charge in [0.25, 0.3) is 0 Å². The summed E-state index contributed by atoms with van der Waals surface area (Å²) in [6.07, 6.45) is 4.68. The van der Waals surface area contributed by atoms with Crippen LogP contribution in [0.3, 0.4) is 0 Å². The largest absolute Gasteiger partial charge is 0.329 e. The average Bonchev–Trinajstić information content (AvgIpc) is 2.48. The first-order valence-corrected chi connectivity index (χ1v) is 5.24. The third-order valence-electron chi connectivity index (χ3n) is 1.54. The number of imidazole rings is 1. The minimum atomic E-state index is 0.320. The van der Waals surface area contributed by atoms with Crippen LogP contribution in [-0.2, 0) is 7.05 Å². The molecular weight excluding hydrogens is 180 g/mol. The summed E-state index contributed by atoms with van der Waals surface area (Å²) in [7, 11) is 2.00. The van der Waals surface area contributed by atoms with E-state index in [4.69, 9.17) is 0 Å². The van der Waals surface area contributed by atoms with Crippen molar-refractivity contribution in [2.24, 2.45) is 7.05 Å². The third-order valence-corrected chi connectivity index (χ3v) is 2.62. The van der Waals surface area contributed by atoms with E-state index in [1.807, 2.05) is 24.0 Å². The highest BCUT2D eigenvalue weighted by atomic mass is 32.2. The maximum Gasteiger partial charge on any atom is 0.168 e. The Hall–Kier alpha value is -0.880. The van der Waals surface area contributed by atoms with Crippen molar-refractivity contribution in [1.82, 2.24) is 9.55 Å². The fraction of sp³-hybridized carbons (Fsp3) is 0.500. The van der Waals surface area contributed by atoms with Crippen molar-refractivity contribution < 1.29 is 0 Å². The van der Waals surface area contributed by atoms with Gasteiger partial charge in [-0.3, -0.25) is 0 Å². The minimum Gasteiger partial charge on any atom is -0.329 e. The molecule has 0 N–H and O–H groups in total. The Kier molecular flexibility index (Phi) is 3.91. The molecule has 70 valence electrons. The minimum absolute atomic E-state index is 0.320. The molecule has 1 aromatic rings. The average molecular weight is 194 g/mol. The SMILES string of the molecule is CCC#CC(C)Sc1nccn1C. The molecule has 1 aromatic heterocycles. The fourth-order valence-corrected chi connectivity index (χ4v) is 1.71. The molecule has 0 aliphatic carbocycles. The van der Waals surface area contributed by atoms with Crippen LogP contribution in [-0.4, -0.2) is 14.8 Å². The first kappa shape index (κ1) is 10.2. The van der Waals surface area contributed by atoms with Gasteiger partial charge in [0, 0.05) is 25.9 Å². The zero-order valence-electron chi connectivity index (χ0n) is 8.24. The monoisotopic (exact) mass is 194 g/mol. The van der Waals surface area contributed by atoms with E-state index in [1.54, 1.807) is 11.8 Å². The summed E-state index contributed by atoms with van der Waals surface area (Å²) < 4.78 is 2.01. The highest BCUT2D eigenvalue weighted by molar-refractivity contribution is 8.00. The maximum atomic E-state index is 4.22. The van der Waals surface area contributed by atoms with E-state index in [0.29, 0.717) is 5.25 Å². The summed E-state index contributed by atoms with van der Waals surface area (Å²) in [6, 6.07) is 0. The van der Waals surface area contributed by atoms with Gasteiger partial charge in [-0.05, 0) is 6.92 Å². The van der Waals surface area contributed by atoms with Crippen LogP contribution in [0.15, 0.2) is 17.6 Å². The van der Waals surface area contributed by atoms with E-state index >= 15 is 0 Å². The number of rotatable bonds is 2. The normalized spacial score (nSPS) is 11.9. The molecule has 0 aliphatic rings. The van der Waals surface area contributed by atoms with Crippen molar-refractivity contribution >= 4 is 11.8 Å². The molecule has 1 unspecified atom stereocenters. The zero-order chi connectivity index (χ0) is 9.68. The Morgan fingerprint density at radius 3 is 3.00 bits per heavy atom. The van der Waals surface area contributed by atoms with Gasteiger partial charge in [-0.2, -0.15) is 0 Å². The molecular formula is C10H14N2S. The Balaban J connectivity index is 2.54. The molecule has 0 aromatic carbocycles. The standard InChI is InChI=1S/C10H14N2S/c1-4-5-6-9(2)13-10-11-7-8-12(10)3/h7-9H,4H2,1-3H3. The van der Waals surface area contributed by atoms with Gasteiger partial charge in [0.2, 0.25) is 0 Å². The molecule has 0 amide bonds. The van der Waals surface area contributed by atoms with Gasteiger partial charge in [-0.15, -0.1) is 5.92 Å². The van der Waals surface area contributed by atoms with Gasteiger partial charge in [-0.1, -0.05) is 24.6 Å². The number of hydrogen-bond acceptors (Lipinski definition) is 2. The lowest BCUT2D eigenvalue weighted by Crippen LogP contribution is -1.96. The number of aryl methyl sites for hydroxylation is 1. The Bertz CT molecular complexity index is 319. The van der Waals surface area contributed by atoms with Crippen LogP contribution in [0.1, 0.15) is 20.3 Å². The first-order valence-electron chi connectivity index (χ1n) is 4.36. The van der Waals surface area contributed by atoms with Crippen LogP contribution < -0.4 is 0 Å². The van der Waals surface area contributed by atoms with Crippen LogP contribution in [0.4, 0.5) is 0 Å². The Morgan fingerprint density at radius 2 is 2.46 bits per heavy atom. The van der Waals surface area contributed by atoms with Crippen molar-refractivity contribution in [3.05, 3.63) is 12.4 Å². The van der Waals surface area contributed by atoms with Crippen molar-refractivity contribution in [1.29, 1.82) is 0 Å². The quantitative estimate of drug-likeness (QED) is 0.531. The van der Waals surface area contributed by atoms with Crippen molar-refractivity contribution in [3.8, 4) is 11.8 Å². The molecule has 0 fully saturated rings. The summed E-state index contributed by atoms with van der Waals surface area (Å²) in [4.78, 5) is 4.22. The molecule has 0 spiro atoms. The number of nitrogens with zero attached hydrogens (tertiary/aromatic N) is 2. The van der Waals surface area contributed by atoms with E-state index < -0.39 is 0 Å². The maximum absolute atomic E-state index is 4.22. The Morgan fingerprint density at radius 1 is 1.69 bits per heavy atom. The summed E-state index contributed by atoms with van der Waals surface area (Å²) >= 11 is 1.70. The van der Waals surface area contributed by atoms with E-state index in [1.165, 1.54) is 0 Å². The second kappa shape index (κ2) is 4.98. The lowest BCUT2D eigenvalue weighted by molar-refractivity contribution is 0.789. The van der Waals surface area contributed by atoms with E-state index in [2.05, 4.69) is 30.7 Å². The summed E-state index contributed by atoms with van der Waals surface area (Å²) in [5.41, 5.74) is 0. The summed E-state index contributed by atoms with van der Waals surface area (Å²) in [6.45, 7) is 4.16. The lowest BCUT2D eigenvalue weighted by atomic mass is 10.4. The molecule has 1 heterocycles. The van der Waals surface area contributed by atoms with Crippen molar-refractivity contribution in [3.63, 3.8) is 0 Å². The molecule has 1 atom stereocenters. The molecule has 0 aliphatic heterocycles. The molecule has 0 bridgehead atoms. The predicted molar refractivity (Wildman–Crippen MR) is 56.6 cm³/mol. The third kappa shape index (κ3) is 3.16. The highest BCUT2D eigenvalue weighted by Gasteiger charge is 2.04. The number of aromatic nitrogens is 2. The molecule has 1 rings (SSSR count). The summed E-state index contributed by atoms with van der Waals surface area (Å²) in [5, 5.41) is 1.35. The molecule has 0 saturated carbocycles. The van der Waals surface area contributed by atoms with Crippen LogP contribution in [0.5, 0.6) is 0 Å². The van der Waals surface area contributed by atoms with Gasteiger partial charge in [0.05, 0.1) is 5.25 Å². The number of thioether (sulfide) groups is 1. The highest BCUT2D eigenvalue weighted by Crippen LogP contribution is 2.19. The van der Waals surface area contributed by atoms with Crippen LogP contribution >= 0.6 is 11.8 Å². The Labute approximate surface area is 83.7 Å². The summed E-state index contributed by atoms with van der Waals surface area (Å²) in [5.74, 6) is 6.23. The topological polar surface area (TPSA) is 17.8 Å². The lowest BCUT2D eigenvalue weighted by Gasteiger charge is -2.02. The van der Waals surface area contributed by atoms with E-state index in [0.717, 1.165) is 11.6 Å². The predicted octanol–water partition coefficient (Wildman–Crippen LogP) is 2.31. The van der Waals surface area contributed by atoms with Gasteiger partial charge in [-0.25, -0.2) is 4.98 Å². The van der Waals surface area contributed by atoms with Crippen LogP contribution in [0, 0.1) is 11.8 Å².